The first-order chi connectivity index (χ1) is 5.79. The molecule has 0 spiro atoms. The lowest BCUT2D eigenvalue weighted by Gasteiger charge is -2.28. The van der Waals surface area contributed by atoms with Gasteiger partial charge in [0.15, 0.2) is 0 Å². The van der Waals surface area contributed by atoms with Gasteiger partial charge in [-0.25, -0.2) is 0 Å². The van der Waals surface area contributed by atoms with E-state index in [1.165, 1.54) is 0 Å². The number of nitrogens with zero attached hydrogens (tertiary/aromatic N) is 1. The van der Waals surface area contributed by atoms with Crippen molar-refractivity contribution in [2.24, 2.45) is 5.73 Å². The lowest BCUT2D eigenvalue weighted by molar-refractivity contribution is -0.135. The van der Waals surface area contributed by atoms with Gasteiger partial charge in [-0.1, -0.05) is 12.2 Å². The molecular weight excluding hydrogens is 164 g/mol. The maximum atomic E-state index is 11.7. The minimum Gasteiger partial charge on any atom is -0.337 e. The summed E-state index contributed by atoms with van der Waals surface area (Å²) in [7, 11) is 0. The number of rotatable bonds is 4. The molecule has 0 bridgehead atoms. The van der Waals surface area contributed by atoms with Gasteiger partial charge in [0.2, 0.25) is 5.91 Å². The molecule has 3 heteroatoms. The van der Waals surface area contributed by atoms with Crippen LogP contribution in [0.2, 0.25) is 0 Å². The summed E-state index contributed by atoms with van der Waals surface area (Å²) in [5.74, 6) is -0.0296. The molecule has 0 fully saturated rings. The van der Waals surface area contributed by atoms with E-state index in [2.05, 4.69) is 6.58 Å². The van der Waals surface area contributed by atoms with E-state index in [4.69, 9.17) is 5.73 Å². The number of amides is 1. The zero-order valence-corrected chi connectivity index (χ0v) is 9.05. The maximum Gasteiger partial charge on any atom is 0.242 e. The van der Waals surface area contributed by atoms with Crippen LogP contribution in [0.25, 0.3) is 0 Å². The fraction of sp³-hybridized carbons (Fsp3) is 0.700. The molecular formula is C10H20N2O. The Morgan fingerprint density at radius 1 is 1.54 bits per heavy atom. The molecule has 0 saturated carbocycles. The van der Waals surface area contributed by atoms with Crippen LogP contribution in [-0.4, -0.2) is 29.4 Å². The standard InChI is InChI=1S/C10H20N2O/c1-6-12(7-8(2)3)9(13)10(4,5)11/h2,6-7,11H2,1,3-5H3. The zero-order chi connectivity index (χ0) is 10.6. The van der Waals surface area contributed by atoms with E-state index in [9.17, 15) is 4.79 Å². The van der Waals surface area contributed by atoms with Crippen LogP contribution in [0.3, 0.4) is 0 Å². The van der Waals surface area contributed by atoms with Crippen molar-refractivity contribution in [1.29, 1.82) is 0 Å². The fourth-order valence-electron chi connectivity index (χ4n) is 1.06. The molecule has 2 N–H and O–H groups in total. The van der Waals surface area contributed by atoms with Crippen LogP contribution in [-0.2, 0) is 4.79 Å². The summed E-state index contributed by atoms with van der Waals surface area (Å²) in [5, 5.41) is 0. The highest BCUT2D eigenvalue weighted by Crippen LogP contribution is 2.06. The van der Waals surface area contributed by atoms with E-state index < -0.39 is 5.54 Å². The van der Waals surface area contributed by atoms with Crippen molar-refractivity contribution in [2.45, 2.75) is 33.2 Å². The first kappa shape index (κ1) is 12.2. The van der Waals surface area contributed by atoms with Crippen LogP contribution in [0.1, 0.15) is 27.7 Å². The van der Waals surface area contributed by atoms with Crippen LogP contribution >= 0.6 is 0 Å². The minimum atomic E-state index is -0.786. The molecule has 0 radical (unpaired) electrons. The van der Waals surface area contributed by atoms with Gasteiger partial charge >= 0.3 is 0 Å². The molecule has 0 aliphatic rings. The number of carbonyl (C=O) groups excluding carboxylic acids is 1. The van der Waals surface area contributed by atoms with Crippen LogP contribution < -0.4 is 5.73 Å². The summed E-state index contributed by atoms with van der Waals surface area (Å²) in [6.45, 7) is 12.3. The molecule has 0 heterocycles. The Bertz CT molecular complexity index is 203. The van der Waals surface area contributed by atoms with Crippen molar-refractivity contribution < 1.29 is 4.79 Å². The van der Waals surface area contributed by atoms with Crippen LogP contribution in [0.5, 0.6) is 0 Å². The molecule has 3 nitrogen and oxygen atoms in total. The number of nitrogens with two attached hydrogens (primary N) is 1. The zero-order valence-electron chi connectivity index (χ0n) is 9.05. The van der Waals surface area contributed by atoms with E-state index >= 15 is 0 Å². The van der Waals surface area contributed by atoms with Gasteiger partial charge in [-0.15, -0.1) is 0 Å². The van der Waals surface area contributed by atoms with Gasteiger partial charge < -0.3 is 10.6 Å². The van der Waals surface area contributed by atoms with Gasteiger partial charge in [0.25, 0.3) is 0 Å². The van der Waals surface area contributed by atoms with Gasteiger partial charge in [0.05, 0.1) is 5.54 Å². The van der Waals surface area contributed by atoms with Gasteiger partial charge in [0.1, 0.15) is 0 Å². The molecule has 0 aliphatic carbocycles. The van der Waals surface area contributed by atoms with E-state index in [0.717, 1.165) is 5.57 Å². The fourth-order valence-corrected chi connectivity index (χ4v) is 1.06. The normalized spacial score (nSPS) is 11.2. The summed E-state index contributed by atoms with van der Waals surface area (Å²) in [6.07, 6.45) is 0. The molecule has 0 aromatic heterocycles. The molecule has 0 aromatic carbocycles. The van der Waals surface area contributed by atoms with Crippen molar-refractivity contribution >= 4 is 5.91 Å². The third kappa shape index (κ3) is 4.08. The van der Waals surface area contributed by atoms with Crippen molar-refractivity contribution in [3.05, 3.63) is 12.2 Å². The van der Waals surface area contributed by atoms with Crippen LogP contribution in [0.4, 0.5) is 0 Å². The van der Waals surface area contributed by atoms with Gasteiger partial charge in [-0.2, -0.15) is 0 Å². The van der Waals surface area contributed by atoms with Crippen LogP contribution in [0.15, 0.2) is 12.2 Å². The van der Waals surface area contributed by atoms with Crippen LogP contribution in [0, 0.1) is 0 Å². The lowest BCUT2D eigenvalue weighted by Crippen LogP contribution is -2.51. The minimum absolute atomic E-state index is 0.0296. The largest absolute Gasteiger partial charge is 0.337 e. The second kappa shape index (κ2) is 4.42. The number of hydrogen-bond donors (Lipinski definition) is 1. The predicted octanol–water partition coefficient (Wildman–Crippen LogP) is 1.15. The van der Waals surface area contributed by atoms with Gasteiger partial charge in [0, 0.05) is 13.1 Å². The lowest BCUT2D eigenvalue weighted by atomic mass is 10.1. The molecule has 0 saturated heterocycles. The molecule has 13 heavy (non-hydrogen) atoms. The Hall–Kier alpha value is -0.830. The smallest absolute Gasteiger partial charge is 0.242 e. The highest BCUT2D eigenvalue weighted by molar-refractivity contribution is 5.85. The second-order valence-electron chi connectivity index (χ2n) is 4.00. The predicted molar refractivity (Wildman–Crippen MR) is 55.3 cm³/mol. The number of likely N-dealkylation sites (N-methyl/N-ethyl adjacent to an activating group) is 1. The Kier molecular flexibility index (Phi) is 4.14. The molecule has 1 amide bonds. The van der Waals surface area contributed by atoms with Gasteiger partial charge in [-0.05, 0) is 27.7 Å². The summed E-state index contributed by atoms with van der Waals surface area (Å²) in [6, 6.07) is 0. The van der Waals surface area contributed by atoms with Crippen molar-refractivity contribution in [2.75, 3.05) is 13.1 Å². The number of carbonyl (C=O) groups is 1. The Balaban J connectivity index is 4.41. The Morgan fingerprint density at radius 3 is 2.23 bits per heavy atom. The molecule has 0 aromatic rings. The Labute approximate surface area is 80.6 Å². The molecule has 76 valence electrons. The molecule has 0 rings (SSSR count). The van der Waals surface area contributed by atoms with E-state index in [1.807, 2.05) is 13.8 Å². The first-order valence-corrected chi connectivity index (χ1v) is 4.51. The SMILES string of the molecule is C=C(C)CN(CC)C(=O)C(C)(C)N. The molecule has 0 aliphatic heterocycles. The summed E-state index contributed by atoms with van der Waals surface area (Å²) in [4.78, 5) is 13.4. The third-order valence-electron chi connectivity index (χ3n) is 1.68. The van der Waals surface area contributed by atoms with Crippen molar-refractivity contribution in [3.8, 4) is 0 Å². The van der Waals surface area contributed by atoms with E-state index in [0.29, 0.717) is 13.1 Å². The maximum absolute atomic E-state index is 11.7. The summed E-state index contributed by atoms with van der Waals surface area (Å²) < 4.78 is 0. The second-order valence-corrected chi connectivity index (χ2v) is 4.00. The average molecular weight is 184 g/mol. The summed E-state index contributed by atoms with van der Waals surface area (Å²) in [5.41, 5.74) is 5.90. The summed E-state index contributed by atoms with van der Waals surface area (Å²) >= 11 is 0. The monoisotopic (exact) mass is 184 g/mol. The first-order valence-electron chi connectivity index (χ1n) is 4.51. The van der Waals surface area contributed by atoms with Crippen molar-refractivity contribution in [1.82, 2.24) is 4.90 Å². The third-order valence-corrected chi connectivity index (χ3v) is 1.68. The highest BCUT2D eigenvalue weighted by Gasteiger charge is 2.26. The van der Waals surface area contributed by atoms with Gasteiger partial charge in [-0.3, -0.25) is 4.79 Å². The van der Waals surface area contributed by atoms with Crippen molar-refractivity contribution in [3.63, 3.8) is 0 Å². The van der Waals surface area contributed by atoms with E-state index in [1.54, 1.807) is 18.7 Å². The quantitative estimate of drug-likeness (QED) is 0.666. The molecule has 0 unspecified atom stereocenters. The number of hydrogen-bond acceptors (Lipinski definition) is 2. The molecule has 0 atom stereocenters. The van der Waals surface area contributed by atoms with E-state index in [-0.39, 0.29) is 5.91 Å². The Morgan fingerprint density at radius 2 is 2.00 bits per heavy atom. The highest BCUT2D eigenvalue weighted by atomic mass is 16.2. The topological polar surface area (TPSA) is 46.3 Å². The average Bonchev–Trinajstić information content (AvgIpc) is 1.96.